The Balaban J connectivity index is 2.14. The van der Waals surface area contributed by atoms with Gasteiger partial charge in [0, 0.05) is 6.54 Å². The maximum Gasteiger partial charge on any atom is 0.325 e. The van der Waals surface area contributed by atoms with Gasteiger partial charge in [-0.15, -0.1) is 0 Å². The smallest absolute Gasteiger partial charge is 0.323 e. The van der Waals surface area contributed by atoms with Gasteiger partial charge in [0.25, 0.3) is 5.91 Å². The van der Waals surface area contributed by atoms with Crippen LogP contribution in [0.25, 0.3) is 0 Å². The van der Waals surface area contributed by atoms with Gasteiger partial charge in [0.15, 0.2) is 0 Å². The van der Waals surface area contributed by atoms with E-state index in [2.05, 4.69) is 17.9 Å². The number of nitrogens with zero attached hydrogens (tertiary/aromatic N) is 1. The van der Waals surface area contributed by atoms with E-state index < -0.39 is 5.54 Å². The van der Waals surface area contributed by atoms with E-state index in [1.165, 1.54) is 4.90 Å². The maximum atomic E-state index is 12.4. The molecule has 1 saturated carbocycles. The Bertz CT molecular complexity index is 348. The van der Waals surface area contributed by atoms with Gasteiger partial charge < -0.3 is 5.32 Å². The van der Waals surface area contributed by atoms with Crippen LogP contribution in [0, 0.1) is 5.41 Å². The van der Waals surface area contributed by atoms with Crippen molar-refractivity contribution in [2.24, 2.45) is 5.41 Å². The topological polar surface area (TPSA) is 49.4 Å². The molecule has 1 spiro atoms. The lowest BCUT2D eigenvalue weighted by molar-refractivity contribution is -0.131. The summed E-state index contributed by atoms with van der Waals surface area (Å²) in [5.74, 6) is 0.617. The molecule has 2 aliphatic rings. The molecule has 0 aromatic heterocycles. The number of carbonyl (C=O) groups excluding carboxylic acids is 2. The molecular formula is C12H20N2O2S. The monoisotopic (exact) mass is 256 g/mol. The van der Waals surface area contributed by atoms with Crippen molar-refractivity contribution in [2.75, 3.05) is 12.3 Å². The summed E-state index contributed by atoms with van der Waals surface area (Å²) >= 11 is 4.26. The predicted octanol–water partition coefficient (Wildman–Crippen LogP) is 1.81. The van der Waals surface area contributed by atoms with Crippen molar-refractivity contribution < 1.29 is 9.59 Å². The zero-order valence-electron chi connectivity index (χ0n) is 10.5. The zero-order chi connectivity index (χ0) is 12.7. The van der Waals surface area contributed by atoms with Crippen LogP contribution in [-0.4, -0.2) is 34.7 Å². The van der Waals surface area contributed by atoms with Crippen LogP contribution in [0.1, 0.15) is 39.5 Å². The van der Waals surface area contributed by atoms with Crippen LogP contribution in [0.5, 0.6) is 0 Å². The fraction of sp³-hybridized carbons (Fsp3) is 0.833. The highest BCUT2D eigenvalue weighted by Crippen LogP contribution is 2.36. The number of amides is 3. The molecule has 96 valence electrons. The van der Waals surface area contributed by atoms with Crippen LogP contribution >= 0.6 is 12.6 Å². The van der Waals surface area contributed by atoms with Crippen molar-refractivity contribution in [1.82, 2.24) is 10.2 Å². The van der Waals surface area contributed by atoms with Crippen molar-refractivity contribution in [3.8, 4) is 0 Å². The Morgan fingerprint density at radius 3 is 2.47 bits per heavy atom. The Labute approximate surface area is 108 Å². The Hall–Kier alpha value is -0.710. The van der Waals surface area contributed by atoms with Crippen LogP contribution in [0.3, 0.4) is 0 Å². The Morgan fingerprint density at radius 2 is 1.94 bits per heavy atom. The quantitative estimate of drug-likeness (QED) is 0.597. The second-order valence-electron chi connectivity index (χ2n) is 5.93. The summed E-state index contributed by atoms with van der Waals surface area (Å²) in [5, 5.41) is 2.89. The molecule has 2 rings (SSSR count). The van der Waals surface area contributed by atoms with Crippen LogP contribution in [0.2, 0.25) is 0 Å². The summed E-state index contributed by atoms with van der Waals surface area (Å²) in [5.41, 5.74) is -0.718. The summed E-state index contributed by atoms with van der Waals surface area (Å²) in [6.07, 6.45) is 3.62. The Kier molecular flexibility index (Phi) is 3.14. The van der Waals surface area contributed by atoms with E-state index >= 15 is 0 Å². The number of urea groups is 1. The van der Waals surface area contributed by atoms with E-state index in [9.17, 15) is 9.59 Å². The van der Waals surface area contributed by atoms with Gasteiger partial charge in [-0.05, 0) is 24.0 Å². The molecule has 2 fully saturated rings. The van der Waals surface area contributed by atoms with Gasteiger partial charge in [-0.3, -0.25) is 9.69 Å². The lowest BCUT2D eigenvalue weighted by atomic mass is 9.94. The average Bonchev–Trinajstić information content (AvgIpc) is 2.81. The molecule has 17 heavy (non-hydrogen) atoms. The van der Waals surface area contributed by atoms with Gasteiger partial charge in [0.2, 0.25) is 0 Å². The van der Waals surface area contributed by atoms with Gasteiger partial charge in [0.05, 0.1) is 0 Å². The molecule has 0 unspecified atom stereocenters. The summed E-state index contributed by atoms with van der Waals surface area (Å²) < 4.78 is 0. The van der Waals surface area contributed by atoms with Gasteiger partial charge in [-0.1, -0.05) is 26.7 Å². The maximum absolute atomic E-state index is 12.4. The van der Waals surface area contributed by atoms with Crippen LogP contribution < -0.4 is 5.32 Å². The predicted molar refractivity (Wildman–Crippen MR) is 69.1 cm³/mol. The fourth-order valence-electron chi connectivity index (χ4n) is 2.62. The highest BCUT2D eigenvalue weighted by Gasteiger charge is 2.52. The van der Waals surface area contributed by atoms with Gasteiger partial charge in [-0.25, -0.2) is 4.79 Å². The lowest BCUT2D eigenvalue weighted by Crippen LogP contribution is -2.45. The number of hydrogen-bond acceptors (Lipinski definition) is 3. The summed E-state index contributed by atoms with van der Waals surface area (Å²) in [6.45, 7) is 4.48. The molecule has 4 nitrogen and oxygen atoms in total. The molecule has 5 heteroatoms. The molecule has 1 aliphatic heterocycles. The first-order chi connectivity index (χ1) is 7.90. The molecule has 0 aromatic rings. The third kappa shape index (κ3) is 2.17. The van der Waals surface area contributed by atoms with Crippen LogP contribution in [-0.2, 0) is 4.79 Å². The largest absolute Gasteiger partial charge is 0.325 e. The molecule has 1 saturated heterocycles. The first-order valence-electron chi connectivity index (χ1n) is 6.15. The fourth-order valence-corrected chi connectivity index (χ4v) is 2.72. The molecule has 1 N–H and O–H groups in total. The molecule has 0 radical (unpaired) electrons. The number of rotatable bonds is 3. The second-order valence-corrected chi connectivity index (χ2v) is 6.25. The van der Waals surface area contributed by atoms with E-state index in [4.69, 9.17) is 0 Å². The molecule has 0 atom stereocenters. The first kappa shape index (κ1) is 12.7. The van der Waals surface area contributed by atoms with Crippen molar-refractivity contribution in [3.63, 3.8) is 0 Å². The number of hydrogen-bond donors (Lipinski definition) is 2. The number of carbonyl (C=O) groups is 2. The third-order valence-corrected chi connectivity index (χ3v) is 4.57. The third-order valence-electron chi connectivity index (χ3n) is 3.72. The molecule has 3 amide bonds. The number of nitrogens with one attached hydrogen (secondary N) is 1. The Morgan fingerprint density at radius 1 is 1.35 bits per heavy atom. The van der Waals surface area contributed by atoms with Gasteiger partial charge in [-0.2, -0.15) is 12.6 Å². The van der Waals surface area contributed by atoms with Crippen LogP contribution in [0.15, 0.2) is 0 Å². The molecule has 0 aromatic carbocycles. The van der Waals surface area contributed by atoms with Gasteiger partial charge >= 0.3 is 6.03 Å². The zero-order valence-corrected chi connectivity index (χ0v) is 11.3. The van der Waals surface area contributed by atoms with Crippen molar-refractivity contribution in [1.29, 1.82) is 0 Å². The minimum absolute atomic E-state index is 0.0325. The van der Waals surface area contributed by atoms with E-state index in [0.717, 1.165) is 25.7 Å². The van der Waals surface area contributed by atoms with E-state index in [-0.39, 0.29) is 17.4 Å². The summed E-state index contributed by atoms with van der Waals surface area (Å²) in [7, 11) is 0. The standard InChI is InChI=1S/C12H20N2O2S/c1-11(2,8-17)7-14-9(15)12(13-10(14)16)5-3-4-6-12/h17H,3-8H2,1-2H3,(H,13,16). The average molecular weight is 256 g/mol. The highest BCUT2D eigenvalue weighted by molar-refractivity contribution is 7.80. The van der Waals surface area contributed by atoms with Crippen molar-refractivity contribution in [2.45, 2.75) is 45.1 Å². The minimum Gasteiger partial charge on any atom is -0.323 e. The van der Waals surface area contributed by atoms with Gasteiger partial charge in [0.1, 0.15) is 5.54 Å². The first-order valence-corrected chi connectivity index (χ1v) is 6.78. The second kappa shape index (κ2) is 4.19. The summed E-state index contributed by atoms with van der Waals surface area (Å²) in [6, 6.07) is -0.230. The minimum atomic E-state index is -0.580. The molecule has 1 aliphatic carbocycles. The van der Waals surface area contributed by atoms with E-state index in [1.807, 2.05) is 13.8 Å². The highest BCUT2D eigenvalue weighted by atomic mass is 32.1. The SMILES string of the molecule is CC(C)(CS)CN1C(=O)NC2(CCCC2)C1=O. The molecule has 0 bridgehead atoms. The van der Waals surface area contributed by atoms with Crippen molar-refractivity contribution >= 4 is 24.6 Å². The molecule has 1 heterocycles. The molecular weight excluding hydrogens is 236 g/mol. The van der Waals surface area contributed by atoms with E-state index in [0.29, 0.717) is 12.3 Å². The van der Waals surface area contributed by atoms with Crippen LogP contribution in [0.4, 0.5) is 4.79 Å². The normalized spacial score (nSPS) is 23.6. The van der Waals surface area contributed by atoms with E-state index in [1.54, 1.807) is 0 Å². The lowest BCUT2D eigenvalue weighted by Gasteiger charge is -2.27. The van der Waals surface area contributed by atoms with Crippen molar-refractivity contribution in [3.05, 3.63) is 0 Å². The number of thiol groups is 1. The number of imide groups is 1. The summed E-state index contributed by atoms with van der Waals surface area (Å²) in [4.78, 5) is 25.6.